The van der Waals surface area contributed by atoms with Crippen LogP contribution >= 0.6 is 11.3 Å². The number of anilines is 1. The molecule has 0 atom stereocenters. The molecule has 2 aliphatic rings. The summed E-state index contributed by atoms with van der Waals surface area (Å²) in [6.07, 6.45) is 1.77. The number of hydrogen-bond acceptors (Lipinski definition) is 7. The molecule has 0 radical (unpaired) electrons. The zero-order valence-corrected chi connectivity index (χ0v) is 20.5. The highest BCUT2D eigenvalue weighted by Crippen LogP contribution is 2.34. The Kier molecular flexibility index (Phi) is 5.54. The van der Waals surface area contributed by atoms with Gasteiger partial charge in [0.2, 0.25) is 11.6 Å². The molecule has 1 N–H and O–H groups in total. The Labute approximate surface area is 211 Å². The van der Waals surface area contributed by atoms with E-state index in [-0.39, 0.29) is 19.3 Å². The first-order chi connectivity index (χ1) is 17.5. The Hall–Kier alpha value is -4.37. The van der Waals surface area contributed by atoms with Gasteiger partial charge in [-0.05, 0) is 73.0 Å². The minimum atomic E-state index is -0.177. The van der Waals surface area contributed by atoms with Gasteiger partial charge in [-0.3, -0.25) is 4.79 Å². The van der Waals surface area contributed by atoms with Crippen molar-refractivity contribution in [2.45, 2.75) is 13.8 Å². The average Bonchev–Trinajstić information content (AvgIpc) is 3.51. The van der Waals surface area contributed by atoms with Crippen LogP contribution in [0.5, 0.6) is 17.2 Å². The summed E-state index contributed by atoms with van der Waals surface area (Å²) in [5.74, 6) is 1.88. The minimum absolute atomic E-state index is 0.0174. The summed E-state index contributed by atoms with van der Waals surface area (Å²) < 4.78 is 18.2. The second kappa shape index (κ2) is 9.01. The van der Waals surface area contributed by atoms with Crippen LogP contribution in [-0.4, -0.2) is 30.2 Å². The number of thiazole rings is 1. The van der Waals surface area contributed by atoms with Gasteiger partial charge in [0.25, 0.3) is 5.91 Å². The molecule has 0 saturated heterocycles. The molecule has 6 rings (SSSR count). The second-order valence-electron chi connectivity index (χ2n) is 8.45. The van der Waals surface area contributed by atoms with Gasteiger partial charge < -0.3 is 19.5 Å². The number of nitrogens with zero attached hydrogens (tertiary/aromatic N) is 3. The van der Waals surface area contributed by atoms with Gasteiger partial charge in [0, 0.05) is 10.9 Å². The summed E-state index contributed by atoms with van der Waals surface area (Å²) in [6, 6.07) is 17.5. The van der Waals surface area contributed by atoms with E-state index in [9.17, 15) is 4.79 Å². The molecule has 3 heterocycles. The Balaban J connectivity index is 1.47. The summed E-state index contributed by atoms with van der Waals surface area (Å²) >= 11 is 1.49. The number of aromatic nitrogens is 1. The van der Waals surface area contributed by atoms with E-state index in [1.54, 1.807) is 6.21 Å². The van der Waals surface area contributed by atoms with Crippen molar-refractivity contribution in [3.8, 4) is 28.5 Å². The predicted octanol–water partition coefficient (Wildman–Crippen LogP) is 5.01. The molecule has 0 spiro atoms. The largest absolute Gasteiger partial charge is 0.482 e. The van der Waals surface area contributed by atoms with Gasteiger partial charge >= 0.3 is 0 Å². The Morgan fingerprint density at radius 1 is 1.00 bits per heavy atom. The van der Waals surface area contributed by atoms with E-state index in [2.05, 4.69) is 25.2 Å². The fraction of sp³-hybridized carbons (Fsp3) is 0.148. The van der Waals surface area contributed by atoms with Crippen LogP contribution in [0.15, 0.2) is 70.1 Å². The van der Waals surface area contributed by atoms with E-state index < -0.39 is 0 Å². The highest BCUT2D eigenvalue weighted by molar-refractivity contribution is 7.07. The van der Waals surface area contributed by atoms with Crippen LogP contribution in [0.4, 0.5) is 11.4 Å². The zero-order valence-electron chi connectivity index (χ0n) is 19.6. The molecule has 2 aliphatic heterocycles. The number of rotatable bonds is 4. The molecule has 0 unspecified atom stereocenters. The van der Waals surface area contributed by atoms with Gasteiger partial charge in [0.05, 0.1) is 23.3 Å². The van der Waals surface area contributed by atoms with Crippen molar-refractivity contribution in [2.24, 2.45) is 10.1 Å². The maximum absolute atomic E-state index is 11.9. The van der Waals surface area contributed by atoms with E-state index >= 15 is 0 Å². The summed E-state index contributed by atoms with van der Waals surface area (Å²) in [5.41, 5.74) is 6.40. The van der Waals surface area contributed by atoms with Crippen LogP contribution in [0.25, 0.3) is 11.3 Å². The number of fused-ring (bicyclic) bond motifs is 2. The Morgan fingerprint density at radius 3 is 2.78 bits per heavy atom. The summed E-state index contributed by atoms with van der Waals surface area (Å²) in [6.45, 7) is 4.37. The van der Waals surface area contributed by atoms with E-state index in [0.717, 1.165) is 33.8 Å². The number of benzene rings is 3. The molecule has 0 aliphatic carbocycles. The van der Waals surface area contributed by atoms with Crippen molar-refractivity contribution in [3.63, 3.8) is 0 Å². The summed E-state index contributed by atoms with van der Waals surface area (Å²) in [4.78, 5) is 17.5. The number of amides is 1. The normalized spacial score (nSPS) is 14.6. The summed E-state index contributed by atoms with van der Waals surface area (Å²) in [5, 5.41) is 9.69. The van der Waals surface area contributed by atoms with Crippen LogP contribution in [0.2, 0.25) is 0 Å². The predicted molar refractivity (Wildman–Crippen MR) is 139 cm³/mol. The van der Waals surface area contributed by atoms with Crippen LogP contribution in [0, 0.1) is 13.8 Å². The van der Waals surface area contributed by atoms with Gasteiger partial charge in [-0.2, -0.15) is 5.10 Å². The SMILES string of the molecule is Cc1cccc(N=c2scc(-c3ccc4c(c3)NC(=O)CO4)n2N=Cc2ccc3c(c2)OCO3)c1C. The molecule has 3 aromatic carbocycles. The monoisotopic (exact) mass is 498 g/mol. The van der Waals surface area contributed by atoms with Crippen molar-refractivity contribution in [3.05, 3.63) is 81.5 Å². The van der Waals surface area contributed by atoms with Crippen LogP contribution in [-0.2, 0) is 4.79 Å². The maximum atomic E-state index is 11.9. The molecule has 1 aromatic heterocycles. The third kappa shape index (κ3) is 4.14. The summed E-state index contributed by atoms with van der Waals surface area (Å²) in [7, 11) is 0. The number of aryl methyl sites for hydroxylation is 1. The fourth-order valence-electron chi connectivity index (χ4n) is 4.01. The number of ether oxygens (including phenoxy) is 3. The first-order valence-corrected chi connectivity index (χ1v) is 12.3. The molecule has 4 aromatic rings. The molecule has 8 nitrogen and oxygen atoms in total. The quantitative estimate of drug-likeness (QED) is 0.401. The maximum Gasteiger partial charge on any atom is 0.262 e. The lowest BCUT2D eigenvalue weighted by Crippen LogP contribution is -2.25. The van der Waals surface area contributed by atoms with Crippen LogP contribution < -0.4 is 24.3 Å². The number of nitrogens with one attached hydrogen (secondary N) is 1. The first kappa shape index (κ1) is 22.1. The smallest absolute Gasteiger partial charge is 0.262 e. The highest BCUT2D eigenvalue weighted by atomic mass is 32.1. The van der Waals surface area contributed by atoms with E-state index in [0.29, 0.717) is 22.0 Å². The number of hydrogen-bond donors (Lipinski definition) is 1. The fourth-order valence-corrected chi connectivity index (χ4v) is 4.86. The lowest BCUT2D eigenvalue weighted by molar-refractivity contribution is -0.118. The Morgan fingerprint density at radius 2 is 1.86 bits per heavy atom. The number of carbonyl (C=O) groups excluding carboxylic acids is 1. The molecule has 0 bridgehead atoms. The third-order valence-electron chi connectivity index (χ3n) is 6.10. The van der Waals surface area contributed by atoms with Gasteiger partial charge in [-0.1, -0.05) is 12.1 Å². The first-order valence-electron chi connectivity index (χ1n) is 11.4. The van der Waals surface area contributed by atoms with Crippen molar-refractivity contribution in [2.75, 3.05) is 18.7 Å². The molecule has 180 valence electrons. The topological polar surface area (TPSA) is 86.4 Å². The molecule has 1 amide bonds. The molecule has 0 fully saturated rings. The van der Waals surface area contributed by atoms with E-state index in [1.165, 1.54) is 16.9 Å². The van der Waals surface area contributed by atoms with E-state index in [4.69, 9.17) is 24.3 Å². The average molecular weight is 499 g/mol. The molecule has 36 heavy (non-hydrogen) atoms. The standard InChI is InChI=1S/C27H22N4O4S/c1-16-4-3-5-20(17(16)2)30-27-31(28-12-18-6-8-24-25(10-18)35-15-34-24)22(14-36-27)19-7-9-23-21(11-19)29-26(32)13-33-23/h3-12,14H,13,15H2,1-2H3,(H,29,32). The van der Waals surface area contributed by atoms with Gasteiger partial charge in [-0.25, -0.2) is 9.67 Å². The minimum Gasteiger partial charge on any atom is -0.482 e. The number of carbonyl (C=O) groups is 1. The lowest BCUT2D eigenvalue weighted by atomic mass is 10.1. The van der Waals surface area contributed by atoms with Gasteiger partial charge in [0.1, 0.15) is 5.75 Å². The van der Waals surface area contributed by atoms with Crippen molar-refractivity contribution in [1.29, 1.82) is 0 Å². The molecule has 0 saturated carbocycles. The second-order valence-corrected chi connectivity index (χ2v) is 9.29. The molecular weight excluding hydrogens is 476 g/mol. The van der Waals surface area contributed by atoms with Crippen LogP contribution in [0.1, 0.15) is 16.7 Å². The van der Waals surface area contributed by atoms with Crippen molar-refractivity contribution < 1.29 is 19.0 Å². The molecular formula is C27H22N4O4S. The Bertz CT molecular complexity index is 1600. The third-order valence-corrected chi connectivity index (χ3v) is 6.92. The van der Waals surface area contributed by atoms with Crippen LogP contribution in [0.3, 0.4) is 0 Å². The van der Waals surface area contributed by atoms with Crippen molar-refractivity contribution in [1.82, 2.24) is 4.68 Å². The zero-order chi connectivity index (χ0) is 24.6. The van der Waals surface area contributed by atoms with Gasteiger partial charge in [0.15, 0.2) is 18.1 Å². The molecule has 9 heteroatoms. The highest BCUT2D eigenvalue weighted by Gasteiger charge is 2.18. The lowest BCUT2D eigenvalue weighted by Gasteiger charge is -2.18. The van der Waals surface area contributed by atoms with Crippen molar-refractivity contribution >= 4 is 34.8 Å². The van der Waals surface area contributed by atoms with E-state index in [1.807, 2.05) is 58.6 Å². The van der Waals surface area contributed by atoms with Gasteiger partial charge in [-0.15, -0.1) is 11.3 Å².